The van der Waals surface area contributed by atoms with Crippen molar-refractivity contribution in [3.63, 3.8) is 0 Å². The topological polar surface area (TPSA) is 75.7 Å². The number of halogens is 1. The van der Waals surface area contributed by atoms with Gasteiger partial charge in [0.25, 0.3) is 5.91 Å². The van der Waals surface area contributed by atoms with Gasteiger partial charge in [-0.05, 0) is 32.0 Å². The third-order valence-electron chi connectivity index (χ3n) is 2.25. The first-order valence-corrected chi connectivity index (χ1v) is 7.66. The molecule has 1 aromatic carbocycles. The van der Waals surface area contributed by atoms with Gasteiger partial charge in [-0.15, -0.1) is 0 Å². The maximum Gasteiger partial charge on any atom is 0.303 e. The van der Waals surface area contributed by atoms with Crippen molar-refractivity contribution in [2.24, 2.45) is 0 Å². The van der Waals surface area contributed by atoms with Gasteiger partial charge in [-0.2, -0.15) is 12.7 Å². The van der Waals surface area contributed by atoms with Gasteiger partial charge in [0.15, 0.2) is 0 Å². The van der Waals surface area contributed by atoms with E-state index in [9.17, 15) is 13.2 Å². The summed E-state index contributed by atoms with van der Waals surface area (Å²) in [5, 5.41) is 0.313. The summed E-state index contributed by atoms with van der Waals surface area (Å²) in [5.41, 5.74) is 0.0663. The van der Waals surface area contributed by atoms with E-state index in [1.807, 2.05) is 4.72 Å². The molecular weight excluding hydrogens is 304 g/mol. The second-order valence-electron chi connectivity index (χ2n) is 4.53. The van der Waals surface area contributed by atoms with E-state index in [1.54, 1.807) is 19.9 Å². The van der Waals surface area contributed by atoms with E-state index in [1.165, 1.54) is 26.2 Å². The molecule has 0 saturated carbocycles. The summed E-state index contributed by atoms with van der Waals surface area (Å²) in [7, 11) is -1.23. The van der Waals surface area contributed by atoms with Crippen molar-refractivity contribution in [2.75, 3.05) is 14.1 Å². The normalized spacial score (nSPS) is 11.8. The van der Waals surface area contributed by atoms with E-state index < -0.39 is 16.1 Å². The van der Waals surface area contributed by atoms with Gasteiger partial charge in [-0.1, -0.05) is 11.6 Å². The van der Waals surface area contributed by atoms with Gasteiger partial charge in [-0.25, -0.2) is 4.72 Å². The van der Waals surface area contributed by atoms with Crippen molar-refractivity contribution >= 4 is 27.7 Å². The van der Waals surface area contributed by atoms with Crippen LogP contribution >= 0.6 is 11.6 Å². The molecule has 0 spiro atoms. The monoisotopic (exact) mass is 320 g/mol. The van der Waals surface area contributed by atoms with Crippen LogP contribution in [0.3, 0.4) is 0 Å². The highest BCUT2D eigenvalue weighted by molar-refractivity contribution is 7.87. The van der Waals surface area contributed by atoms with Crippen molar-refractivity contribution in [3.05, 3.63) is 28.8 Å². The molecule has 0 bridgehead atoms. The van der Waals surface area contributed by atoms with Crippen LogP contribution in [-0.4, -0.2) is 38.8 Å². The first kappa shape index (κ1) is 16.7. The third kappa shape index (κ3) is 4.36. The number of carbonyl (C=O) groups is 1. The van der Waals surface area contributed by atoms with E-state index >= 15 is 0 Å². The number of hydrogen-bond acceptors (Lipinski definition) is 4. The highest BCUT2D eigenvalue weighted by Crippen LogP contribution is 2.24. The summed E-state index contributed by atoms with van der Waals surface area (Å²) < 4.78 is 31.6. The molecule has 0 radical (unpaired) electrons. The van der Waals surface area contributed by atoms with Crippen LogP contribution < -0.4 is 9.46 Å². The maximum atomic E-state index is 12.1. The molecule has 1 amide bonds. The Bertz CT molecular complexity index is 599. The van der Waals surface area contributed by atoms with Crippen LogP contribution in [0.2, 0.25) is 5.02 Å². The van der Waals surface area contributed by atoms with Crippen molar-refractivity contribution in [1.29, 1.82) is 0 Å². The fourth-order valence-electron chi connectivity index (χ4n) is 1.30. The van der Waals surface area contributed by atoms with Crippen LogP contribution in [0.25, 0.3) is 0 Å². The summed E-state index contributed by atoms with van der Waals surface area (Å²) in [5.74, 6) is -0.521. The Labute approximate surface area is 123 Å². The Morgan fingerprint density at radius 3 is 2.45 bits per heavy atom. The van der Waals surface area contributed by atoms with Crippen LogP contribution in [0.1, 0.15) is 24.2 Å². The number of carbonyl (C=O) groups excluding carboxylic acids is 1. The molecule has 0 atom stereocenters. The average molecular weight is 321 g/mol. The Kier molecular flexibility index (Phi) is 5.38. The first-order chi connectivity index (χ1) is 9.13. The number of nitrogens with one attached hydrogen (secondary N) is 1. The minimum absolute atomic E-state index is 0.0663. The van der Waals surface area contributed by atoms with Crippen molar-refractivity contribution in [2.45, 2.75) is 20.0 Å². The molecule has 0 fully saturated rings. The third-order valence-corrected chi connectivity index (χ3v) is 3.89. The van der Waals surface area contributed by atoms with E-state index in [0.717, 1.165) is 4.31 Å². The fraction of sp³-hybridized carbons (Fsp3) is 0.417. The minimum atomic E-state index is -3.87. The van der Waals surface area contributed by atoms with Gasteiger partial charge in [0.05, 0.1) is 11.7 Å². The number of hydrogen-bond donors (Lipinski definition) is 1. The van der Waals surface area contributed by atoms with E-state index in [4.69, 9.17) is 16.3 Å². The lowest BCUT2D eigenvalue weighted by molar-refractivity contribution is 0.0974. The predicted octanol–water partition coefficient (Wildman–Crippen LogP) is 1.66. The lowest BCUT2D eigenvalue weighted by Crippen LogP contribution is -2.39. The van der Waals surface area contributed by atoms with Crippen LogP contribution in [0, 0.1) is 0 Å². The molecule has 6 nitrogen and oxygen atoms in total. The Balaban J connectivity index is 3.12. The molecule has 1 N–H and O–H groups in total. The zero-order valence-electron chi connectivity index (χ0n) is 11.7. The maximum absolute atomic E-state index is 12.1. The molecular formula is C12H17ClN2O4S. The zero-order valence-corrected chi connectivity index (χ0v) is 13.2. The smallest absolute Gasteiger partial charge is 0.303 e. The Hall–Kier alpha value is -1.31. The van der Waals surface area contributed by atoms with E-state index in [2.05, 4.69) is 0 Å². The summed E-state index contributed by atoms with van der Waals surface area (Å²) in [4.78, 5) is 12.1. The van der Waals surface area contributed by atoms with Crippen molar-refractivity contribution < 1.29 is 17.9 Å². The lowest BCUT2D eigenvalue weighted by Gasteiger charge is -2.16. The molecule has 0 saturated heterocycles. The summed E-state index contributed by atoms with van der Waals surface area (Å²) in [6.45, 7) is 3.60. The standard InChI is InChI=1S/C12H17ClN2O4S/c1-8(2)19-11-6-5-9(13)7-10(11)12(16)14-20(17,18)15(3)4/h5-8H,1-4H3,(H,14,16). The molecule has 1 aromatic rings. The summed E-state index contributed by atoms with van der Waals surface area (Å²) in [6.07, 6.45) is -0.159. The molecule has 0 aromatic heterocycles. The van der Waals surface area contributed by atoms with Gasteiger partial charge < -0.3 is 4.74 Å². The molecule has 0 aliphatic carbocycles. The number of nitrogens with zero attached hydrogens (tertiary/aromatic N) is 1. The largest absolute Gasteiger partial charge is 0.490 e. The van der Waals surface area contributed by atoms with Crippen LogP contribution in [0.4, 0.5) is 0 Å². The highest BCUT2D eigenvalue weighted by Gasteiger charge is 2.21. The zero-order chi connectivity index (χ0) is 15.5. The van der Waals surface area contributed by atoms with Crippen molar-refractivity contribution in [1.82, 2.24) is 9.03 Å². The Morgan fingerprint density at radius 2 is 1.95 bits per heavy atom. The predicted molar refractivity (Wildman–Crippen MR) is 77.3 cm³/mol. The van der Waals surface area contributed by atoms with Crippen LogP contribution in [0.5, 0.6) is 5.75 Å². The second kappa shape index (κ2) is 6.43. The van der Waals surface area contributed by atoms with Gasteiger partial charge in [-0.3, -0.25) is 4.79 Å². The molecule has 1 rings (SSSR count). The summed E-state index contributed by atoms with van der Waals surface area (Å²) in [6, 6.07) is 4.45. The van der Waals surface area contributed by atoms with E-state index in [0.29, 0.717) is 5.02 Å². The molecule has 0 aliphatic rings. The van der Waals surface area contributed by atoms with Crippen LogP contribution in [0.15, 0.2) is 18.2 Å². The van der Waals surface area contributed by atoms with Crippen molar-refractivity contribution in [3.8, 4) is 5.75 Å². The van der Waals surface area contributed by atoms with Gasteiger partial charge in [0, 0.05) is 19.1 Å². The molecule has 0 unspecified atom stereocenters. The quantitative estimate of drug-likeness (QED) is 0.895. The number of benzene rings is 1. The SMILES string of the molecule is CC(C)Oc1ccc(Cl)cc1C(=O)NS(=O)(=O)N(C)C. The number of ether oxygens (including phenoxy) is 1. The van der Waals surface area contributed by atoms with Gasteiger partial charge in [0.2, 0.25) is 0 Å². The summed E-state index contributed by atoms with van der Waals surface area (Å²) >= 11 is 5.84. The number of rotatable bonds is 5. The highest BCUT2D eigenvalue weighted by atomic mass is 35.5. The molecule has 0 aliphatic heterocycles. The fourth-order valence-corrected chi connectivity index (χ4v) is 2.00. The minimum Gasteiger partial charge on any atom is -0.490 e. The average Bonchev–Trinajstić information content (AvgIpc) is 2.30. The molecule has 20 heavy (non-hydrogen) atoms. The number of amides is 1. The lowest BCUT2D eigenvalue weighted by atomic mass is 10.2. The van der Waals surface area contributed by atoms with Gasteiger partial charge in [0.1, 0.15) is 5.75 Å². The second-order valence-corrected chi connectivity index (χ2v) is 6.85. The molecule has 0 heterocycles. The Morgan fingerprint density at radius 1 is 1.35 bits per heavy atom. The molecule has 112 valence electrons. The van der Waals surface area contributed by atoms with Gasteiger partial charge >= 0.3 is 10.2 Å². The first-order valence-electron chi connectivity index (χ1n) is 5.84. The van der Waals surface area contributed by atoms with E-state index in [-0.39, 0.29) is 17.4 Å². The molecule has 8 heteroatoms. The van der Waals surface area contributed by atoms with Crippen LogP contribution in [-0.2, 0) is 10.2 Å².